The summed E-state index contributed by atoms with van der Waals surface area (Å²) in [5, 5.41) is 8.52. The van der Waals surface area contributed by atoms with E-state index in [0.29, 0.717) is 6.42 Å². The van der Waals surface area contributed by atoms with Crippen molar-refractivity contribution in [2.45, 2.75) is 189 Å². The summed E-state index contributed by atoms with van der Waals surface area (Å²) in [5.74, 6) is -0.653. The van der Waals surface area contributed by atoms with Crippen molar-refractivity contribution in [3.8, 4) is 0 Å². The van der Waals surface area contributed by atoms with Gasteiger partial charge in [0.05, 0.1) is 26.2 Å². The molecular weight excluding hydrogens is 454 g/mol. The summed E-state index contributed by atoms with van der Waals surface area (Å²) in [6, 6.07) is 0. The highest BCUT2D eigenvalue weighted by atomic mass is 16.4. The maximum absolute atomic E-state index is 10.3. The molecule has 0 aromatic carbocycles. The third-order valence-electron chi connectivity index (χ3n) is 7.94. The van der Waals surface area contributed by atoms with Crippen LogP contribution in [0.3, 0.4) is 0 Å². The minimum Gasteiger partial charge on any atom is -0.481 e. The van der Waals surface area contributed by atoms with E-state index >= 15 is 0 Å². The van der Waals surface area contributed by atoms with E-state index in [4.69, 9.17) is 5.11 Å². The van der Waals surface area contributed by atoms with Crippen LogP contribution >= 0.6 is 0 Å². The first-order chi connectivity index (χ1) is 18.0. The Hall–Kier alpha value is -0.570. The van der Waals surface area contributed by atoms with Gasteiger partial charge in [-0.15, -0.1) is 0 Å². The molecule has 1 N–H and O–H groups in total. The maximum atomic E-state index is 10.3. The lowest BCUT2D eigenvalue weighted by molar-refractivity contribution is -0.929. The predicted octanol–water partition coefficient (Wildman–Crippen LogP) is 11.3. The van der Waals surface area contributed by atoms with Gasteiger partial charge in [-0.2, -0.15) is 0 Å². The zero-order valence-electron chi connectivity index (χ0n) is 26.6. The molecule has 0 unspecified atom stereocenters. The van der Waals surface area contributed by atoms with Crippen molar-refractivity contribution in [2.24, 2.45) is 0 Å². The fourth-order valence-electron chi connectivity index (χ4n) is 5.29. The Kier molecular flexibility index (Phi) is 33.0. The molecule has 0 spiro atoms. The van der Waals surface area contributed by atoms with Crippen molar-refractivity contribution < 1.29 is 14.4 Å². The smallest absolute Gasteiger partial charge is 0.303 e. The molecule has 0 bridgehead atoms. The summed E-state index contributed by atoms with van der Waals surface area (Å²) < 4.78 is 1.42. The van der Waals surface area contributed by atoms with Crippen LogP contribution in [0.2, 0.25) is 0 Å². The summed E-state index contributed by atoms with van der Waals surface area (Å²) >= 11 is 0. The molecular formula is C34H72NO2+. The Labute approximate surface area is 235 Å². The van der Waals surface area contributed by atoms with E-state index < -0.39 is 5.97 Å². The molecule has 0 aromatic heterocycles. The van der Waals surface area contributed by atoms with Gasteiger partial charge in [0, 0.05) is 6.42 Å². The molecule has 224 valence electrons. The van der Waals surface area contributed by atoms with Crippen molar-refractivity contribution in [3.05, 3.63) is 0 Å². The number of unbranched alkanes of at least 4 members (excludes halogenated alkanes) is 18. The van der Waals surface area contributed by atoms with Gasteiger partial charge < -0.3 is 9.59 Å². The molecule has 0 fully saturated rings. The second-order valence-corrected chi connectivity index (χ2v) is 11.7. The van der Waals surface area contributed by atoms with Gasteiger partial charge in [-0.3, -0.25) is 4.79 Å². The van der Waals surface area contributed by atoms with Crippen molar-refractivity contribution in [1.29, 1.82) is 0 Å². The van der Waals surface area contributed by atoms with Crippen LogP contribution in [0.15, 0.2) is 0 Å². The molecule has 0 heterocycles. The first kappa shape index (κ1) is 38.6. The van der Waals surface area contributed by atoms with Crippen LogP contribution in [-0.2, 0) is 4.79 Å². The molecule has 0 radical (unpaired) electrons. The predicted molar refractivity (Wildman–Crippen MR) is 167 cm³/mol. The Balaban J connectivity index is 0. The highest BCUT2D eigenvalue weighted by Gasteiger charge is 2.24. The molecule has 0 aliphatic rings. The Morgan fingerprint density at radius 3 is 0.892 bits per heavy atom. The lowest BCUT2D eigenvalue weighted by Crippen LogP contribution is -2.50. The second kappa shape index (κ2) is 31.6. The molecule has 0 aliphatic heterocycles. The lowest BCUT2D eigenvalue weighted by atomic mass is 10.0. The number of aliphatic carboxylic acids is 1. The van der Waals surface area contributed by atoms with Crippen molar-refractivity contribution >= 4 is 5.97 Å². The van der Waals surface area contributed by atoms with E-state index in [9.17, 15) is 4.79 Å². The maximum Gasteiger partial charge on any atom is 0.303 e. The number of nitrogens with zero attached hydrogens (tertiary/aromatic N) is 1. The minimum atomic E-state index is -0.653. The average molecular weight is 527 g/mol. The SMILES string of the molecule is CCCCCCCCCCCCCCCCCC(=O)O.CCCC[N+](CCCC)(CCCC)CCCC. The Morgan fingerprint density at radius 2 is 0.649 bits per heavy atom. The largest absolute Gasteiger partial charge is 0.481 e. The van der Waals surface area contributed by atoms with Crippen LogP contribution in [0.1, 0.15) is 189 Å². The second-order valence-electron chi connectivity index (χ2n) is 11.7. The van der Waals surface area contributed by atoms with E-state index in [0.717, 1.165) is 12.8 Å². The van der Waals surface area contributed by atoms with E-state index in [1.54, 1.807) is 0 Å². The number of carboxylic acids is 1. The number of hydrogen-bond acceptors (Lipinski definition) is 1. The number of carbonyl (C=O) groups is 1. The fraction of sp³-hybridized carbons (Fsp3) is 0.971. The van der Waals surface area contributed by atoms with E-state index in [2.05, 4.69) is 34.6 Å². The molecule has 0 amide bonds. The van der Waals surface area contributed by atoms with Crippen molar-refractivity contribution in [2.75, 3.05) is 26.2 Å². The number of hydrogen-bond donors (Lipinski definition) is 1. The zero-order valence-corrected chi connectivity index (χ0v) is 26.6. The monoisotopic (exact) mass is 527 g/mol. The van der Waals surface area contributed by atoms with Gasteiger partial charge >= 0.3 is 5.97 Å². The molecule has 0 saturated carbocycles. The third-order valence-corrected chi connectivity index (χ3v) is 7.94. The quantitative estimate of drug-likeness (QED) is 0.0812. The highest BCUT2D eigenvalue weighted by molar-refractivity contribution is 5.66. The molecule has 3 nitrogen and oxygen atoms in total. The summed E-state index contributed by atoms with van der Waals surface area (Å²) in [5.41, 5.74) is 0. The van der Waals surface area contributed by atoms with Crippen LogP contribution in [0, 0.1) is 0 Å². The van der Waals surface area contributed by atoms with Gasteiger partial charge in [-0.25, -0.2) is 0 Å². The average Bonchev–Trinajstić information content (AvgIpc) is 2.90. The van der Waals surface area contributed by atoms with Crippen molar-refractivity contribution in [1.82, 2.24) is 0 Å². The molecule has 37 heavy (non-hydrogen) atoms. The van der Waals surface area contributed by atoms with Gasteiger partial charge in [-0.1, -0.05) is 150 Å². The van der Waals surface area contributed by atoms with Gasteiger partial charge in [0.2, 0.25) is 0 Å². The van der Waals surface area contributed by atoms with Gasteiger partial charge in [0.1, 0.15) is 0 Å². The van der Waals surface area contributed by atoms with Crippen LogP contribution in [0.4, 0.5) is 0 Å². The molecule has 3 heteroatoms. The summed E-state index contributed by atoms with van der Waals surface area (Å²) in [6.45, 7) is 17.3. The van der Waals surface area contributed by atoms with E-state index in [-0.39, 0.29) is 0 Å². The van der Waals surface area contributed by atoms with E-state index in [1.165, 1.54) is 165 Å². The summed E-state index contributed by atoms with van der Waals surface area (Å²) in [7, 11) is 0. The van der Waals surface area contributed by atoms with Gasteiger partial charge in [0.15, 0.2) is 0 Å². The fourth-order valence-corrected chi connectivity index (χ4v) is 5.29. The highest BCUT2D eigenvalue weighted by Crippen LogP contribution is 2.17. The molecule has 0 saturated heterocycles. The summed E-state index contributed by atoms with van der Waals surface area (Å²) in [4.78, 5) is 10.3. The minimum absolute atomic E-state index is 0.345. The lowest BCUT2D eigenvalue weighted by Gasteiger charge is -2.39. The molecule has 0 rings (SSSR count). The standard InChI is InChI=1S/C18H36O2.C16H36N/c1-2-3-4-5-6-7-8-9-10-11-12-13-14-15-16-17-18(19)20;1-5-9-13-17(14-10-6-2,15-11-7-3)16-12-8-4/h2-17H2,1H3,(H,19,20);5-16H2,1-4H3/q;+1. The Bertz CT molecular complexity index is 400. The number of rotatable bonds is 28. The van der Waals surface area contributed by atoms with Crippen molar-refractivity contribution in [3.63, 3.8) is 0 Å². The van der Waals surface area contributed by atoms with Crippen LogP contribution in [0.25, 0.3) is 0 Å². The molecule has 0 aliphatic carbocycles. The first-order valence-corrected chi connectivity index (χ1v) is 17.1. The van der Waals surface area contributed by atoms with Gasteiger partial charge in [-0.05, 0) is 32.1 Å². The van der Waals surface area contributed by atoms with Crippen LogP contribution in [0.5, 0.6) is 0 Å². The molecule has 0 atom stereocenters. The number of quaternary nitrogens is 1. The zero-order chi connectivity index (χ0) is 27.9. The third kappa shape index (κ3) is 29.8. The molecule has 0 aromatic rings. The normalized spacial score (nSPS) is 11.4. The van der Waals surface area contributed by atoms with Crippen LogP contribution < -0.4 is 0 Å². The first-order valence-electron chi connectivity index (χ1n) is 17.1. The van der Waals surface area contributed by atoms with Gasteiger partial charge in [0.25, 0.3) is 0 Å². The van der Waals surface area contributed by atoms with Crippen LogP contribution in [-0.4, -0.2) is 41.7 Å². The Morgan fingerprint density at radius 1 is 0.405 bits per heavy atom. The number of carboxylic acid groups (broad SMARTS) is 1. The topological polar surface area (TPSA) is 37.3 Å². The summed E-state index contributed by atoms with van der Waals surface area (Å²) in [6.07, 6.45) is 31.3. The van der Waals surface area contributed by atoms with E-state index in [1.807, 2.05) is 0 Å².